The van der Waals surface area contributed by atoms with Crippen molar-refractivity contribution >= 4 is 20.2 Å². The fourth-order valence-electron chi connectivity index (χ4n) is 2.61. The molecule has 0 fully saturated rings. The molecule has 2 atom stereocenters. The van der Waals surface area contributed by atoms with Crippen LogP contribution in [0.3, 0.4) is 0 Å². The lowest BCUT2D eigenvalue weighted by atomic mass is 9.92. The molecule has 0 aromatic heterocycles. The van der Waals surface area contributed by atoms with Gasteiger partial charge < -0.3 is 19.7 Å². The van der Waals surface area contributed by atoms with E-state index in [1.54, 1.807) is 0 Å². The highest BCUT2D eigenvalue weighted by molar-refractivity contribution is 6.74. The molecule has 0 saturated carbocycles. The molecule has 1 aliphatic heterocycles. The Bertz CT molecular complexity index is 758. The van der Waals surface area contributed by atoms with E-state index in [0.29, 0.717) is 0 Å². The van der Waals surface area contributed by atoms with Crippen LogP contribution in [0.25, 0.3) is 0 Å². The molecule has 156 valence electrons. The van der Waals surface area contributed by atoms with E-state index in [9.17, 15) is 18.7 Å². The van der Waals surface area contributed by atoms with Gasteiger partial charge in [-0.3, -0.25) is 10.5 Å². The number of benzene rings is 1. The number of hydrogen-bond acceptors (Lipinski definition) is 5. The van der Waals surface area contributed by atoms with Gasteiger partial charge >= 0.3 is 6.09 Å². The Morgan fingerprint density at radius 2 is 1.86 bits per heavy atom. The van der Waals surface area contributed by atoms with Gasteiger partial charge in [-0.2, -0.15) is 0 Å². The van der Waals surface area contributed by atoms with E-state index in [-0.39, 0.29) is 28.7 Å². The molecule has 1 aliphatic rings. The lowest BCUT2D eigenvalue weighted by Crippen LogP contribution is -2.52. The van der Waals surface area contributed by atoms with Crippen molar-refractivity contribution in [1.29, 1.82) is 0 Å². The number of halogens is 2. The summed E-state index contributed by atoms with van der Waals surface area (Å²) in [6, 6.07) is 1.15. The molecule has 0 aliphatic carbocycles. The van der Waals surface area contributed by atoms with Crippen molar-refractivity contribution in [3.05, 3.63) is 29.3 Å². The summed E-state index contributed by atoms with van der Waals surface area (Å²) in [6.45, 7) is 10.2. The molecule has 7 nitrogen and oxygen atoms in total. The van der Waals surface area contributed by atoms with Crippen LogP contribution in [-0.2, 0) is 4.53 Å². The van der Waals surface area contributed by atoms with Crippen molar-refractivity contribution in [3.63, 3.8) is 0 Å². The van der Waals surface area contributed by atoms with E-state index in [1.807, 2.05) is 13.1 Å². The number of carbonyl (C=O) groups is 1. The highest BCUT2D eigenvalue weighted by Crippen LogP contribution is 2.36. The van der Waals surface area contributed by atoms with Crippen LogP contribution in [0, 0.1) is 11.6 Å². The largest absolute Gasteiger partial charge is 0.497 e. The second-order valence-corrected chi connectivity index (χ2v) is 13.0. The second kappa shape index (κ2) is 8.04. The van der Waals surface area contributed by atoms with Crippen LogP contribution in [-0.4, -0.2) is 45.0 Å². The number of nitrogens with zero attached hydrogens (tertiary/aromatic N) is 1. The number of rotatable bonds is 5. The zero-order valence-corrected chi connectivity index (χ0v) is 17.9. The molecule has 3 N–H and O–H groups in total. The van der Waals surface area contributed by atoms with Gasteiger partial charge in [-0.25, -0.2) is 13.6 Å². The Kier molecular flexibility index (Phi) is 6.34. The van der Waals surface area contributed by atoms with E-state index in [1.165, 1.54) is 7.11 Å². The Labute approximate surface area is 164 Å². The molecule has 0 spiro atoms. The SMILES string of the molecule is COc1cc(F)c(C2CN=C(NO[Si](C)(C)C(C)(C)C)C2NC(=O)O)c(F)c1. The molecule has 1 heterocycles. The minimum Gasteiger partial charge on any atom is -0.497 e. The normalized spacial score (nSPS) is 19.9. The van der Waals surface area contributed by atoms with E-state index < -0.39 is 38.0 Å². The fourth-order valence-corrected chi connectivity index (χ4v) is 3.28. The summed E-state index contributed by atoms with van der Waals surface area (Å²) in [5.41, 5.74) is 2.52. The Morgan fingerprint density at radius 3 is 2.32 bits per heavy atom. The Balaban J connectivity index is 2.29. The Morgan fingerprint density at radius 1 is 1.29 bits per heavy atom. The molecule has 1 aromatic carbocycles. The average Bonchev–Trinajstić information content (AvgIpc) is 2.93. The zero-order chi connectivity index (χ0) is 21.3. The maximum absolute atomic E-state index is 14.5. The third kappa shape index (κ3) is 4.61. The standard InChI is InChI=1S/C18H27F2N3O4Si/c1-18(2,3)28(5,6)27-23-16-15(22-17(24)25)11(9-21-16)14-12(19)7-10(26-4)8-13(14)20/h7-8,11,15,22H,9H2,1-6H3,(H,21,23)(H,24,25). The van der Waals surface area contributed by atoms with E-state index >= 15 is 0 Å². The van der Waals surface area contributed by atoms with Crippen molar-refractivity contribution in [3.8, 4) is 5.75 Å². The van der Waals surface area contributed by atoms with Crippen molar-refractivity contribution in [1.82, 2.24) is 10.8 Å². The van der Waals surface area contributed by atoms with Gasteiger partial charge in [0.05, 0.1) is 13.7 Å². The molecule has 2 rings (SSSR count). The quantitative estimate of drug-likeness (QED) is 0.505. The van der Waals surface area contributed by atoms with Crippen LogP contribution >= 0.6 is 0 Å². The molecule has 2 unspecified atom stereocenters. The fraction of sp³-hybridized carbons (Fsp3) is 0.556. The maximum atomic E-state index is 14.5. The van der Waals surface area contributed by atoms with Crippen LogP contribution in [0.4, 0.5) is 13.6 Å². The van der Waals surface area contributed by atoms with E-state index in [0.717, 1.165) is 12.1 Å². The van der Waals surface area contributed by atoms with Crippen LogP contribution in [0.1, 0.15) is 32.3 Å². The van der Waals surface area contributed by atoms with Crippen LogP contribution in [0.15, 0.2) is 17.1 Å². The van der Waals surface area contributed by atoms with Crippen LogP contribution < -0.4 is 15.5 Å². The second-order valence-electron chi connectivity index (χ2n) is 8.23. The first kappa shape index (κ1) is 22.1. The minimum atomic E-state index is -2.21. The van der Waals surface area contributed by atoms with E-state index in [4.69, 9.17) is 9.26 Å². The van der Waals surface area contributed by atoms with Gasteiger partial charge in [-0.05, 0) is 18.1 Å². The van der Waals surface area contributed by atoms with Gasteiger partial charge in [0.2, 0.25) is 8.32 Å². The number of amides is 1. The maximum Gasteiger partial charge on any atom is 0.405 e. The summed E-state index contributed by atoms with van der Waals surface area (Å²) in [5.74, 6) is -2.25. The monoisotopic (exact) mass is 415 g/mol. The Hall–Kier alpha value is -2.20. The molecule has 10 heteroatoms. The highest BCUT2D eigenvalue weighted by Gasteiger charge is 2.41. The average molecular weight is 416 g/mol. The minimum absolute atomic E-state index is 0.00824. The number of ether oxygens (including phenoxy) is 1. The molecule has 0 bridgehead atoms. The summed E-state index contributed by atoms with van der Waals surface area (Å²) in [5, 5.41) is 11.4. The summed E-state index contributed by atoms with van der Waals surface area (Å²) >= 11 is 0. The van der Waals surface area contributed by atoms with Crippen molar-refractivity contribution in [2.45, 2.75) is 50.9 Å². The molecule has 0 saturated heterocycles. The smallest absolute Gasteiger partial charge is 0.405 e. The summed E-state index contributed by atoms with van der Waals surface area (Å²) in [6.07, 6.45) is -1.33. The van der Waals surface area contributed by atoms with Gasteiger partial charge in [-0.1, -0.05) is 20.8 Å². The van der Waals surface area contributed by atoms with E-state index in [2.05, 4.69) is 36.6 Å². The zero-order valence-electron chi connectivity index (χ0n) is 16.9. The van der Waals surface area contributed by atoms with Gasteiger partial charge in [-0.15, -0.1) is 0 Å². The van der Waals surface area contributed by atoms with Gasteiger partial charge in [0, 0.05) is 23.6 Å². The first-order valence-corrected chi connectivity index (χ1v) is 11.8. The van der Waals surface area contributed by atoms with Crippen LogP contribution in [0.2, 0.25) is 18.1 Å². The number of methoxy groups -OCH3 is 1. The number of aliphatic imine (C=N–C) groups is 1. The number of amidine groups is 1. The predicted octanol–water partition coefficient (Wildman–Crippen LogP) is 3.63. The number of hydrogen-bond donors (Lipinski definition) is 3. The van der Waals surface area contributed by atoms with Crippen LogP contribution in [0.5, 0.6) is 5.75 Å². The van der Waals surface area contributed by atoms with Gasteiger partial charge in [0.25, 0.3) is 0 Å². The first-order valence-electron chi connectivity index (χ1n) is 8.88. The van der Waals surface area contributed by atoms with Crippen molar-refractivity contribution < 1.29 is 27.9 Å². The summed E-state index contributed by atoms with van der Waals surface area (Å²) in [4.78, 5) is 15.5. The third-order valence-corrected chi connectivity index (χ3v) is 9.54. The molecule has 28 heavy (non-hydrogen) atoms. The molecule has 0 radical (unpaired) electrons. The topological polar surface area (TPSA) is 92.2 Å². The number of carboxylic acid groups (broad SMARTS) is 1. The van der Waals surface area contributed by atoms with Crippen molar-refractivity contribution in [2.75, 3.05) is 13.7 Å². The predicted molar refractivity (Wildman–Crippen MR) is 104 cm³/mol. The summed E-state index contributed by atoms with van der Waals surface area (Å²) < 4.78 is 39.8. The molecular weight excluding hydrogens is 388 g/mol. The highest BCUT2D eigenvalue weighted by atomic mass is 28.4. The number of nitrogens with one attached hydrogen (secondary N) is 2. The number of hydroxylamine groups is 1. The van der Waals surface area contributed by atoms with Gasteiger partial charge in [0.15, 0.2) is 0 Å². The first-order chi connectivity index (χ1) is 12.9. The summed E-state index contributed by atoms with van der Waals surface area (Å²) in [7, 11) is -0.902. The molecule has 1 aromatic rings. The third-order valence-electron chi connectivity index (χ3n) is 5.31. The lowest BCUT2D eigenvalue weighted by Gasteiger charge is -2.36. The lowest BCUT2D eigenvalue weighted by molar-refractivity contribution is 0.189. The van der Waals surface area contributed by atoms with Crippen molar-refractivity contribution in [2.24, 2.45) is 4.99 Å². The van der Waals surface area contributed by atoms with Gasteiger partial charge in [0.1, 0.15) is 29.3 Å². The molecular formula is C18H27F2N3O4Si. The molecule has 1 amide bonds.